The average Bonchev–Trinajstić information content (AvgIpc) is 2.92. The molecule has 0 saturated carbocycles. The number of hydrogen-bond acceptors (Lipinski definition) is 4. The molecule has 4 nitrogen and oxygen atoms in total. The van der Waals surface area contributed by atoms with Crippen LogP contribution in [-0.2, 0) is 13.1 Å². The van der Waals surface area contributed by atoms with E-state index in [2.05, 4.69) is 34.6 Å². The number of benzene rings is 2. The highest BCUT2D eigenvalue weighted by Gasteiger charge is 2.01. The topological polar surface area (TPSA) is 47.3 Å². The van der Waals surface area contributed by atoms with E-state index in [0.717, 1.165) is 23.9 Å². The molecule has 0 saturated heterocycles. The first-order chi connectivity index (χ1) is 10.2. The second kappa shape index (κ2) is 5.97. The highest BCUT2D eigenvalue weighted by atomic mass is 16.5. The summed E-state index contributed by atoms with van der Waals surface area (Å²) in [5.74, 6) is 2.44. The van der Waals surface area contributed by atoms with Gasteiger partial charge in [0.15, 0.2) is 0 Å². The van der Waals surface area contributed by atoms with Crippen LogP contribution in [0.3, 0.4) is 0 Å². The Kier molecular flexibility index (Phi) is 3.88. The summed E-state index contributed by atoms with van der Waals surface area (Å²) >= 11 is 0. The monoisotopic (exact) mass is 282 g/mol. The first-order valence-electron chi connectivity index (χ1n) is 6.93. The van der Waals surface area contributed by atoms with Crippen LogP contribution < -0.4 is 10.1 Å². The third kappa shape index (κ3) is 3.23. The molecule has 1 aromatic heterocycles. The second-order valence-corrected chi connectivity index (χ2v) is 5.02. The lowest BCUT2D eigenvalue weighted by atomic mass is 10.1. The quantitative estimate of drug-likeness (QED) is 0.778. The molecule has 0 spiro atoms. The number of nitrogens with zero attached hydrogens (tertiary/aromatic N) is 1. The standard InChI is InChI=1S/C17H18N2O2/c1-12-9-19-17(21-12)11-18-10-13-3-4-15-8-16(20-2)6-5-14(15)7-13/h3-9,18H,10-11H2,1-2H3. The predicted molar refractivity (Wildman–Crippen MR) is 82.3 cm³/mol. The van der Waals surface area contributed by atoms with Crippen molar-refractivity contribution in [2.24, 2.45) is 0 Å². The summed E-state index contributed by atoms with van der Waals surface area (Å²) in [5.41, 5.74) is 1.23. The number of nitrogens with one attached hydrogen (secondary N) is 1. The molecular formula is C17H18N2O2. The van der Waals surface area contributed by atoms with Crippen molar-refractivity contribution in [1.29, 1.82) is 0 Å². The number of methoxy groups -OCH3 is 1. The Labute approximate surface area is 123 Å². The van der Waals surface area contributed by atoms with Gasteiger partial charge in [0.25, 0.3) is 0 Å². The fourth-order valence-corrected chi connectivity index (χ4v) is 2.31. The Bertz CT molecular complexity index is 749. The predicted octanol–water partition coefficient (Wildman–Crippen LogP) is 3.43. The summed E-state index contributed by atoms with van der Waals surface area (Å²) in [7, 11) is 1.68. The first-order valence-corrected chi connectivity index (χ1v) is 6.93. The summed E-state index contributed by atoms with van der Waals surface area (Å²) in [6.07, 6.45) is 1.74. The van der Waals surface area contributed by atoms with Gasteiger partial charge in [-0.2, -0.15) is 0 Å². The molecule has 0 aliphatic heterocycles. The SMILES string of the molecule is COc1ccc2cc(CNCc3ncc(C)o3)ccc2c1. The maximum absolute atomic E-state index is 5.43. The minimum absolute atomic E-state index is 0.633. The Morgan fingerprint density at radius 1 is 1.10 bits per heavy atom. The summed E-state index contributed by atoms with van der Waals surface area (Å²) < 4.78 is 10.7. The molecule has 0 aliphatic rings. The van der Waals surface area contributed by atoms with Gasteiger partial charge in [-0.15, -0.1) is 0 Å². The van der Waals surface area contributed by atoms with Gasteiger partial charge in [0.1, 0.15) is 11.5 Å². The van der Waals surface area contributed by atoms with Crippen LogP contribution in [0.15, 0.2) is 47.0 Å². The van der Waals surface area contributed by atoms with Crippen LogP contribution in [0, 0.1) is 6.92 Å². The van der Waals surface area contributed by atoms with E-state index in [4.69, 9.17) is 9.15 Å². The van der Waals surface area contributed by atoms with E-state index in [0.29, 0.717) is 6.54 Å². The minimum atomic E-state index is 0.633. The summed E-state index contributed by atoms with van der Waals surface area (Å²) in [6, 6.07) is 12.5. The number of hydrogen-bond donors (Lipinski definition) is 1. The fourth-order valence-electron chi connectivity index (χ4n) is 2.31. The van der Waals surface area contributed by atoms with Gasteiger partial charge < -0.3 is 14.5 Å². The van der Waals surface area contributed by atoms with Crippen LogP contribution >= 0.6 is 0 Å². The minimum Gasteiger partial charge on any atom is -0.497 e. The van der Waals surface area contributed by atoms with Gasteiger partial charge in [-0.25, -0.2) is 4.98 Å². The molecule has 3 aromatic rings. The van der Waals surface area contributed by atoms with E-state index in [-0.39, 0.29) is 0 Å². The van der Waals surface area contributed by atoms with Crippen molar-refractivity contribution in [3.63, 3.8) is 0 Å². The molecule has 0 fully saturated rings. The number of aryl methyl sites for hydroxylation is 1. The largest absolute Gasteiger partial charge is 0.497 e. The number of aromatic nitrogens is 1. The van der Waals surface area contributed by atoms with Gasteiger partial charge in [0.05, 0.1) is 19.9 Å². The molecule has 108 valence electrons. The van der Waals surface area contributed by atoms with Gasteiger partial charge in [0.2, 0.25) is 5.89 Å². The van der Waals surface area contributed by atoms with Crippen molar-refractivity contribution < 1.29 is 9.15 Å². The smallest absolute Gasteiger partial charge is 0.208 e. The van der Waals surface area contributed by atoms with Crippen LogP contribution in [0.25, 0.3) is 10.8 Å². The van der Waals surface area contributed by atoms with Crippen molar-refractivity contribution in [3.05, 3.63) is 59.8 Å². The molecule has 0 unspecified atom stereocenters. The van der Waals surface area contributed by atoms with Crippen molar-refractivity contribution in [2.45, 2.75) is 20.0 Å². The third-order valence-electron chi connectivity index (χ3n) is 3.39. The maximum atomic E-state index is 5.43. The van der Waals surface area contributed by atoms with Gasteiger partial charge in [-0.05, 0) is 41.5 Å². The molecule has 4 heteroatoms. The van der Waals surface area contributed by atoms with Crippen molar-refractivity contribution >= 4 is 10.8 Å². The molecule has 0 amide bonds. The fraction of sp³-hybridized carbons (Fsp3) is 0.235. The van der Waals surface area contributed by atoms with E-state index in [1.807, 2.05) is 19.1 Å². The zero-order valence-corrected chi connectivity index (χ0v) is 12.2. The Morgan fingerprint density at radius 2 is 1.90 bits per heavy atom. The van der Waals surface area contributed by atoms with Gasteiger partial charge in [-0.1, -0.05) is 18.2 Å². The molecule has 0 aliphatic carbocycles. The van der Waals surface area contributed by atoms with Crippen LogP contribution in [0.5, 0.6) is 5.75 Å². The molecule has 1 heterocycles. The van der Waals surface area contributed by atoms with Gasteiger partial charge in [-0.3, -0.25) is 0 Å². The van der Waals surface area contributed by atoms with E-state index >= 15 is 0 Å². The van der Waals surface area contributed by atoms with Gasteiger partial charge >= 0.3 is 0 Å². The van der Waals surface area contributed by atoms with Crippen molar-refractivity contribution in [1.82, 2.24) is 10.3 Å². The number of rotatable bonds is 5. The lowest BCUT2D eigenvalue weighted by Crippen LogP contribution is -2.12. The molecular weight excluding hydrogens is 264 g/mol. The zero-order valence-electron chi connectivity index (χ0n) is 12.2. The average molecular weight is 282 g/mol. The molecule has 21 heavy (non-hydrogen) atoms. The number of fused-ring (bicyclic) bond motifs is 1. The van der Waals surface area contributed by atoms with Crippen LogP contribution in [0.2, 0.25) is 0 Å². The maximum Gasteiger partial charge on any atom is 0.208 e. The molecule has 2 aromatic carbocycles. The van der Waals surface area contributed by atoms with E-state index in [1.165, 1.54) is 16.3 Å². The van der Waals surface area contributed by atoms with Crippen molar-refractivity contribution in [3.8, 4) is 5.75 Å². The van der Waals surface area contributed by atoms with E-state index in [9.17, 15) is 0 Å². The Hall–Kier alpha value is -2.33. The number of ether oxygens (including phenoxy) is 1. The van der Waals surface area contributed by atoms with Crippen LogP contribution in [-0.4, -0.2) is 12.1 Å². The Morgan fingerprint density at radius 3 is 2.67 bits per heavy atom. The highest BCUT2D eigenvalue weighted by Crippen LogP contribution is 2.21. The van der Waals surface area contributed by atoms with Gasteiger partial charge in [0, 0.05) is 6.54 Å². The first kappa shape index (κ1) is 13.6. The normalized spacial score (nSPS) is 11.0. The Balaban J connectivity index is 1.67. The third-order valence-corrected chi connectivity index (χ3v) is 3.39. The molecule has 0 bridgehead atoms. The van der Waals surface area contributed by atoms with E-state index in [1.54, 1.807) is 13.3 Å². The molecule has 3 rings (SSSR count). The van der Waals surface area contributed by atoms with Crippen LogP contribution in [0.4, 0.5) is 0 Å². The van der Waals surface area contributed by atoms with E-state index < -0.39 is 0 Å². The lowest BCUT2D eigenvalue weighted by Gasteiger charge is -2.06. The zero-order chi connectivity index (χ0) is 14.7. The molecule has 0 atom stereocenters. The summed E-state index contributed by atoms with van der Waals surface area (Å²) in [6.45, 7) is 3.31. The summed E-state index contributed by atoms with van der Waals surface area (Å²) in [5, 5.41) is 5.73. The van der Waals surface area contributed by atoms with Crippen molar-refractivity contribution in [2.75, 3.05) is 7.11 Å². The lowest BCUT2D eigenvalue weighted by molar-refractivity contribution is 0.415. The molecule has 0 radical (unpaired) electrons. The number of oxazole rings is 1. The summed E-state index contributed by atoms with van der Waals surface area (Å²) in [4.78, 5) is 4.17. The van der Waals surface area contributed by atoms with Crippen LogP contribution in [0.1, 0.15) is 17.2 Å². The highest BCUT2D eigenvalue weighted by molar-refractivity contribution is 5.84. The second-order valence-electron chi connectivity index (χ2n) is 5.02. The molecule has 1 N–H and O–H groups in total.